The third-order valence-electron chi connectivity index (χ3n) is 10.7. The van der Waals surface area contributed by atoms with Crippen LogP contribution in [0.25, 0.3) is 0 Å². The average Bonchev–Trinajstić information content (AvgIpc) is 3.14. The smallest absolute Gasteiger partial charge is 0.252 e. The normalized spacial score (nSPS) is 15.2. The minimum atomic E-state index is -2.71. The standard InChI is InChI=1S/C42H27BN2SSi/c1-3-14-28(15-4-1)47(29-16-5-2-6-17-29)38-26-10-8-21-33(38)45-35-23-13-22-34-40(35)43(31-19-12-27-39(47)42(31)45)30-18-11-25-37-41(30)44(34)32-20-7-9-24-36(32)46-37/h1-27H. The first-order valence-electron chi connectivity index (χ1n) is 16.3. The second-order valence-electron chi connectivity index (χ2n) is 12.8. The zero-order valence-corrected chi connectivity index (χ0v) is 27.3. The van der Waals surface area contributed by atoms with Gasteiger partial charge >= 0.3 is 0 Å². The summed E-state index contributed by atoms with van der Waals surface area (Å²) < 4.78 is 0. The van der Waals surface area contributed by atoms with Gasteiger partial charge in [0.25, 0.3) is 6.71 Å². The largest absolute Gasteiger partial charge is 0.312 e. The molecule has 0 radical (unpaired) electrons. The van der Waals surface area contributed by atoms with Gasteiger partial charge < -0.3 is 9.80 Å². The van der Waals surface area contributed by atoms with Crippen molar-refractivity contribution < 1.29 is 0 Å². The molecule has 47 heavy (non-hydrogen) atoms. The van der Waals surface area contributed by atoms with Crippen molar-refractivity contribution in [2.45, 2.75) is 9.79 Å². The Morgan fingerprint density at radius 3 is 1.66 bits per heavy atom. The molecular weight excluding hydrogens is 603 g/mol. The molecule has 0 spiro atoms. The summed E-state index contributed by atoms with van der Waals surface area (Å²) in [6.45, 7) is 0.132. The molecule has 2 nitrogen and oxygen atoms in total. The van der Waals surface area contributed by atoms with Crippen molar-refractivity contribution in [1.82, 2.24) is 0 Å². The first-order chi connectivity index (χ1) is 23.4. The molecule has 0 N–H and O–H groups in total. The molecular formula is C42H27BN2SSi. The van der Waals surface area contributed by atoms with Crippen molar-refractivity contribution in [2.75, 3.05) is 9.80 Å². The van der Waals surface area contributed by atoms with Crippen molar-refractivity contribution >= 4 is 97.8 Å². The Bertz CT molecular complexity index is 2390. The van der Waals surface area contributed by atoms with Crippen molar-refractivity contribution in [3.05, 3.63) is 164 Å². The Kier molecular flexibility index (Phi) is 5.19. The van der Waals surface area contributed by atoms with Crippen molar-refractivity contribution in [1.29, 1.82) is 0 Å². The topological polar surface area (TPSA) is 6.48 Å². The molecule has 4 heterocycles. The predicted octanol–water partition coefficient (Wildman–Crippen LogP) is 5.92. The SMILES string of the molecule is c1ccc([Si]2(c3ccccc3)c3ccccc3N3c4cccc5c4B(c4cccc6c4N5c4ccccc4S6)c4cccc2c43)cc1. The van der Waals surface area contributed by atoms with E-state index in [1.54, 1.807) is 0 Å². The third kappa shape index (κ3) is 3.18. The van der Waals surface area contributed by atoms with E-state index >= 15 is 0 Å². The van der Waals surface area contributed by atoms with Crippen LogP contribution in [0.4, 0.5) is 34.1 Å². The maximum atomic E-state index is 2.62. The monoisotopic (exact) mass is 630 g/mol. The number of hydrogen-bond donors (Lipinski definition) is 0. The lowest BCUT2D eigenvalue weighted by atomic mass is 9.33. The highest BCUT2D eigenvalue weighted by Gasteiger charge is 2.53. The Labute approximate surface area is 280 Å². The number of rotatable bonds is 2. The van der Waals surface area contributed by atoms with Crippen LogP contribution in [0.15, 0.2) is 174 Å². The fourth-order valence-corrected chi connectivity index (χ4v) is 15.3. The second kappa shape index (κ2) is 9.41. The van der Waals surface area contributed by atoms with E-state index in [2.05, 4.69) is 174 Å². The van der Waals surface area contributed by atoms with Gasteiger partial charge in [-0.15, -0.1) is 0 Å². The van der Waals surface area contributed by atoms with E-state index in [1.165, 1.54) is 81.1 Å². The van der Waals surface area contributed by atoms with Crippen LogP contribution in [-0.4, -0.2) is 14.8 Å². The summed E-state index contributed by atoms with van der Waals surface area (Å²) in [4.78, 5) is 7.79. The summed E-state index contributed by atoms with van der Waals surface area (Å²) in [5.41, 5.74) is 12.0. The predicted molar refractivity (Wildman–Crippen MR) is 202 cm³/mol. The van der Waals surface area contributed by atoms with Crippen molar-refractivity contribution in [3.8, 4) is 0 Å². The fraction of sp³-hybridized carbons (Fsp3) is 0. The molecule has 0 bridgehead atoms. The summed E-state index contributed by atoms with van der Waals surface area (Å²) in [5, 5.41) is 5.75. The quantitative estimate of drug-likeness (QED) is 0.219. The van der Waals surface area contributed by atoms with Crippen LogP contribution < -0.4 is 46.9 Å². The van der Waals surface area contributed by atoms with Crippen LogP contribution in [-0.2, 0) is 0 Å². The molecule has 218 valence electrons. The van der Waals surface area contributed by atoms with Gasteiger partial charge in [0.05, 0.1) is 11.4 Å². The van der Waals surface area contributed by atoms with Gasteiger partial charge in [-0.1, -0.05) is 139 Å². The molecule has 0 saturated heterocycles. The summed E-state index contributed by atoms with van der Waals surface area (Å²) in [5.74, 6) is 0. The fourth-order valence-electron chi connectivity index (χ4n) is 9.03. The van der Waals surface area contributed by atoms with E-state index in [1.807, 2.05) is 11.8 Å². The van der Waals surface area contributed by atoms with Crippen LogP contribution in [0.2, 0.25) is 0 Å². The Balaban J connectivity index is 1.29. The number of para-hydroxylation sites is 4. The minimum absolute atomic E-state index is 0.132. The van der Waals surface area contributed by atoms with Gasteiger partial charge in [0.15, 0.2) is 8.07 Å². The summed E-state index contributed by atoms with van der Waals surface area (Å²) in [7, 11) is -2.71. The summed E-state index contributed by atoms with van der Waals surface area (Å²) in [6.07, 6.45) is 0. The maximum Gasteiger partial charge on any atom is 0.252 e. The molecule has 0 unspecified atom stereocenters. The van der Waals surface area contributed by atoms with E-state index < -0.39 is 8.07 Å². The molecule has 7 aromatic carbocycles. The zero-order chi connectivity index (χ0) is 30.7. The first kappa shape index (κ1) is 25.9. The zero-order valence-electron chi connectivity index (χ0n) is 25.5. The third-order valence-corrected chi connectivity index (χ3v) is 16.6. The van der Waals surface area contributed by atoms with Gasteiger partial charge in [0.1, 0.15) is 0 Å². The number of fused-ring (bicyclic) bond motifs is 8. The lowest BCUT2D eigenvalue weighted by molar-refractivity contribution is 1.17. The van der Waals surface area contributed by atoms with Crippen LogP contribution >= 0.6 is 11.8 Å². The molecule has 0 amide bonds. The summed E-state index contributed by atoms with van der Waals surface area (Å²) in [6, 6.07) is 62.0. The van der Waals surface area contributed by atoms with Gasteiger partial charge in [-0.25, -0.2) is 0 Å². The highest BCUT2D eigenvalue weighted by atomic mass is 32.2. The van der Waals surface area contributed by atoms with E-state index in [0.29, 0.717) is 0 Å². The lowest BCUT2D eigenvalue weighted by Crippen LogP contribution is -2.79. The Hall–Kier alpha value is -5.23. The molecule has 4 aliphatic rings. The van der Waals surface area contributed by atoms with Gasteiger partial charge in [-0.05, 0) is 73.5 Å². The van der Waals surface area contributed by atoms with Crippen LogP contribution in [0, 0.1) is 0 Å². The van der Waals surface area contributed by atoms with Crippen LogP contribution in [0.3, 0.4) is 0 Å². The van der Waals surface area contributed by atoms with E-state index in [0.717, 1.165) is 0 Å². The lowest BCUT2D eigenvalue weighted by Gasteiger charge is -2.51. The Morgan fingerprint density at radius 2 is 0.915 bits per heavy atom. The summed E-state index contributed by atoms with van der Waals surface area (Å²) >= 11 is 1.90. The number of hydrogen-bond acceptors (Lipinski definition) is 3. The second-order valence-corrected chi connectivity index (χ2v) is 17.6. The van der Waals surface area contributed by atoms with Gasteiger partial charge in [0, 0.05) is 32.5 Å². The molecule has 0 saturated carbocycles. The number of nitrogens with zero attached hydrogens (tertiary/aromatic N) is 2. The molecule has 11 rings (SSSR count). The maximum absolute atomic E-state index is 2.71. The van der Waals surface area contributed by atoms with Crippen LogP contribution in [0.5, 0.6) is 0 Å². The van der Waals surface area contributed by atoms with E-state index in [-0.39, 0.29) is 6.71 Å². The molecule has 5 heteroatoms. The highest BCUT2D eigenvalue weighted by molar-refractivity contribution is 7.99. The van der Waals surface area contributed by atoms with E-state index in [4.69, 9.17) is 0 Å². The molecule has 0 fully saturated rings. The molecule has 0 aromatic heterocycles. The first-order valence-corrected chi connectivity index (χ1v) is 19.1. The highest BCUT2D eigenvalue weighted by Crippen LogP contribution is 2.53. The Morgan fingerprint density at radius 1 is 0.404 bits per heavy atom. The molecule has 0 atom stereocenters. The molecule has 0 aliphatic carbocycles. The molecule has 7 aromatic rings. The average molecular weight is 631 g/mol. The van der Waals surface area contributed by atoms with Gasteiger partial charge in [0.2, 0.25) is 0 Å². The molecule has 4 aliphatic heterocycles. The van der Waals surface area contributed by atoms with Gasteiger partial charge in [-0.3, -0.25) is 0 Å². The van der Waals surface area contributed by atoms with Crippen molar-refractivity contribution in [3.63, 3.8) is 0 Å². The number of benzene rings is 7. The van der Waals surface area contributed by atoms with Crippen molar-refractivity contribution in [2.24, 2.45) is 0 Å². The minimum Gasteiger partial charge on any atom is -0.312 e. The number of anilines is 6. The van der Waals surface area contributed by atoms with E-state index in [9.17, 15) is 0 Å². The van der Waals surface area contributed by atoms with Crippen LogP contribution in [0.1, 0.15) is 0 Å². The van der Waals surface area contributed by atoms with Gasteiger partial charge in [-0.2, -0.15) is 0 Å².